The van der Waals surface area contributed by atoms with Crippen LogP contribution in [0.2, 0.25) is 0 Å². The number of likely N-dealkylation sites (tertiary alicyclic amines) is 1. The Labute approximate surface area is 114 Å². The lowest BCUT2D eigenvalue weighted by molar-refractivity contribution is 0.0255. The number of hydrogen-bond acceptors (Lipinski definition) is 4. The molecule has 1 fully saturated rings. The van der Waals surface area contributed by atoms with Gasteiger partial charge in [0.2, 0.25) is 0 Å². The summed E-state index contributed by atoms with van der Waals surface area (Å²) in [7, 11) is -4.44. The lowest BCUT2D eigenvalue weighted by Crippen LogP contribution is -2.37. The van der Waals surface area contributed by atoms with E-state index < -0.39 is 27.7 Å². The van der Waals surface area contributed by atoms with Gasteiger partial charge in [0.15, 0.2) is 0 Å². The lowest BCUT2D eigenvalue weighted by atomic mass is 10.0. The average Bonchev–Trinajstić information content (AvgIpc) is 2.38. The van der Waals surface area contributed by atoms with Crippen molar-refractivity contribution in [2.24, 2.45) is 5.92 Å². The van der Waals surface area contributed by atoms with Crippen molar-refractivity contribution in [3.05, 3.63) is 0 Å². The van der Waals surface area contributed by atoms with E-state index in [1.165, 1.54) is 0 Å². The average molecular weight is 295 g/mol. The highest BCUT2D eigenvalue weighted by Gasteiger charge is 2.27. The fourth-order valence-corrected chi connectivity index (χ4v) is 3.02. The van der Waals surface area contributed by atoms with Crippen LogP contribution < -0.4 is 0 Å². The number of amides is 1. The van der Waals surface area contributed by atoms with E-state index in [1.54, 1.807) is 25.7 Å². The molecule has 1 aliphatic rings. The van der Waals surface area contributed by atoms with Crippen LogP contribution in [-0.4, -0.2) is 43.9 Å². The molecule has 7 heteroatoms. The fourth-order valence-electron chi connectivity index (χ4n) is 2.12. The van der Waals surface area contributed by atoms with Crippen LogP contribution in [0, 0.1) is 5.92 Å². The Balaban J connectivity index is 2.52. The van der Waals surface area contributed by atoms with E-state index in [0.29, 0.717) is 32.4 Å². The van der Waals surface area contributed by atoms with Crippen molar-refractivity contribution in [2.75, 3.05) is 18.8 Å². The van der Waals surface area contributed by atoms with Crippen molar-refractivity contribution in [3.8, 4) is 0 Å². The second-order valence-electron chi connectivity index (χ2n) is 5.97. The van der Waals surface area contributed by atoms with Gasteiger partial charge in [0.05, 0.1) is 5.75 Å². The van der Waals surface area contributed by atoms with E-state index in [-0.39, 0.29) is 5.92 Å². The van der Waals surface area contributed by atoms with Gasteiger partial charge >= 0.3 is 16.3 Å². The summed E-state index contributed by atoms with van der Waals surface area (Å²) in [5, 5.41) is 0. The van der Waals surface area contributed by atoms with Crippen molar-refractivity contribution in [3.63, 3.8) is 0 Å². The van der Waals surface area contributed by atoms with Gasteiger partial charge in [-0.2, -0.15) is 8.42 Å². The zero-order chi connectivity index (χ0) is 14.7. The van der Waals surface area contributed by atoms with Gasteiger partial charge in [0.1, 0.15) is 5.60 Å². The molecule has 0 N–H and O–H groups in total. The van der Waals surface area contributed by atoms with Crippen LogP contribution in [0.25, 0.3) is 0 Å². The minimum atomic E-state index is -4.44. The van der Waals surface area contributed by atoms with E-state index in [1.807, 2.05) is 0 Å². The molecule has 0 aromatic rings. The molecule has 1 amide bonds. The summed E-state index contributed by atoms with van der Waals surface area (Å²) in [4.78, 5) is 13.4. The lowest BCUT2D eigenvalue weighted by Gasteiger charge is -2.26. The summed E-state index contributed by atoms with van der Waals surface area (Å²) in [6.45, 7) is 6.32. The minimum Gasteiger partial charge on any atom is -0.444 e. The van der Waals surface area contributed by atoms with Crippen LogP contribution in [0.5, 0.6) is 0 Å². The van der Waals surface area contributed by atoms with Crippen molar-refractivity contribution in [1.82, 2.24) is 4.90 Å². The second kappa shape index (κ2) is 6.07. The first-order valence-electron chi connectivity index (χ1n) is 6.47. The molecular weight excluding hydrogens is 273 g/mol. The Morgan fingerprint density at radius 2 is 1.95 bits per heavy atom. The van der Waals surface area contributed by atoms with Crippen LogP contribution in [0.1, 0.15) is 40.0 Å². The molecule has 0 spiro atoms. The Morgan fingerprint density at radius 1 is 1.32 bits per heavy atom. The smallest absolute Gasteiger partial charge is 0.410 e. The summed E-state index contributed by atoms with van der Waals surface area (Å²) in [5.41, 5.74) is -0.551. The SMILES string of the molecule is CC(C)(C)OC(=O)N1CCCC(CS(=O)(=O)F)CC1. The number of hydrogen-bond donors (Lipinski definition) is 0. The second-order valence-corrected chi connectivity index (χ2v) is 7.38. The topological polar surface area (TPSA) is 63.7 Å². The third-order valence-corrected chi connectivity index (χ3v) is 3.80. The van der Waals surface area contributed by atoms with Gasteiger partial charge in [-0.15, -0.1) is 3.89 Å². The Morgan fingerprint density at radius 3 is 2.47 bits per heavy atom. The molecule has 1 heterocycles. The summed E-state index contributed by atoms with van der Waals surface area (Å²) in [5.74, 6) is -0.669. The first kappa shape index (κ1) is 16.2. The third-order valence-electron chi connectivity index (χ3n) is 2.93. The molecule has 0 aliphatic carbocycles. The maximum absolute atomic E-state index is 12.7. The number of nitrogens with zero attached hydrogens (tertiary/aromatic N) is 1. The van der Waals surface area contributed by atoms with Gasteiger partial charge in [-0.1, -0.05) is 0 Å². The highest BCUT2D eigenvalue weighted by Crippen LogP contribution is 2.21. The monoisotopic (exact) mass is 295 g/mol. The Hall–Kier alpha value is -0.850. The first-order valence-corrected chi connectivity index (χ1v) is 8.02. The maximum atomic E-state index is 12.7. The zero-order valence-corrected chi connectivity index (χ0v) is 12.5. The number of rotatable bonds is 2. The fraction of sp³-hybridized carbons (Fsp3) is 0.917. The van der Waals surface area contributed by atoms with Gasteiger partial charge in [-0.25, -0.2) is 4.79 Å². The largest absolute Gasteiger partial charge is 0.444 e. The van der Waals surface area contributed by atoms with Crippen LogP contribution in [0.3, 0.4) is 0 Å². The standard InChI is InChI=1S/C12H22FNO4S/c1-12(2,3)18-11(15)14-7-4-5-10(6-8-14)9-19(13,16)17/h10H,4-9H2,1-3H3. The Bertz CT molecular complexity index is 416. The molecular formula is C12H22FNO4S. The van der Waals surface area contributed by atoms with Gasteiger partial charge in [-0.05, 0) is 46.0 Å². The Kier molecular flexibility index (Phi) is 5.18. The molecule has 1 rings (SSSR count). The molecule has 0 aromatic carbocycles. The molecule has 0 aromatic heterocycles. The molecule has 112 valence electrons. The molecule has 1 saturated heterocycles. The van der Waals surface area contributed by atoms with Crippen LogP contribution in [-0.2, 0) is 15.0 Å². The van der Waals surface area contributed by atoms with Crippen molar-refractivity contribution >= 4 is 16.3 Å². The summed E-state index contributed by atoms with van der Waals surface area (Å²) < 4.78 is 39.2. The molecule has 1 unspecified atom stereocenters. The third kappa shape index (κ3) is 6.75. The van der Waals surface area contributed by atoms with E-state index in [4.69, 9.17) is 4.74 Å². The van der Waals surface area contributed by atoms with Crippen molar-refractivity contribution < 1.29 is 21.8 Å². The van der Waals surface area contributed by atoms with Crippen molar-refractivity contribution in [1.29, 1.82) is 0 Å². The molecule has 0 radical (unpaired) electrons. The zero-order valence-electron chi connectivity index (χ0n) is 11.7. The maximum Gasteiger partial charge on any atom is 0.410 e. The molecule has 5 nitrogen and oxygen atoms in total. The van der Waals surface area contributed by atoms with E-state index in [9.17, 15) is 17.1 Å². The van der Waals surface area contributed by atoms with E-state index in [2.05, 4.69) is 0 Å². The number of ether oxygens (including phenoxy) is 1. The summed E-state index contributed by atoms with van der Waals surface area (Å²) >= 11 is 0. The number of carbonyl (C=O) groups is 1. The quantitative estimate of drug-likeness (QED) is 0.733. The number of carbonyl (C=O) groups excluding carboxylic acids is 1. The van der Waals surface area contributed by atoms with Gasteiger partial charge in [0, 0.05) is 13.1 Å². The van der Waals surface area contributed by atoms with Crippen LogP contribution in [0.15, 0.2) is 0 Å². The van der Waals surface area contributed by atoms with Gasteiger partial charge in [-0.3, -0.25) is 0 Å². The van der Waals surface area contributed by atoms with Gasteiger partial charge < -0.3 is 9.64 Å². The minimum absolute atomic E-state index is 0.220. The predicted octanol–water partition coefficient (Wildman–Crippen LogP) is 2.32. The molecule has 1 atom stereocenters. The van der Waals surface area contributed by atoms with Gasteiger partial charge in [0.25, 0.3) is 0 Å². The van der Waals surface area contributed by atoms with Crippen LogP contribution in [0.4, 0.5) is 8.68 Å². The molecule has 19 heavy (non-hydrogen) atoms. The highest BCUT2D eigenvalue weighted by atomic mass is 32.3. The van der Waals surface area contributed by atoms with Crippen molar-refractivity contribution in [2.45, 2.75) is 45.6 Å². The molecule has 1 aliphatic heterocycles. The first-order chi connectivity index (χ1) is 8.57. The predicted molar refractivity (Wildman–Crippen MR) is 70.0 cm³/mol. The van der Waals surface area contributed by atoms with E-state index >= 15 is 0 Å². The molecule has 0 saturated carbocycles. The van der Waals surface area contributed by atoms with Crippen LogP contribution >= 0.6 is 0 Å². The van der Waals surface area contributed by atoms with E-state index in [0.717, 1.165) is 0 Å². The normalized spacial score (nSPS) is 21.9. The highest BCUT2D eigenvalue weighted by molar-refractivity contribution is 7.86. The molecule has 0 bridgehead atoms. The summed E-state index contributed by atoms with van der Waals surface area (Å²) in [6.07, 6.45) is 1.38. The number of halogens is 1. The summed E-state index contributed by atoms with van der Waals surface area (Å²) in [6, 6.07) is 0.